The monoisotopic (exact) mass is 375 g/mol. The summed E-state index contributed by atoms with van der Waals surface area (Å²) < 4.78 is 0. The number of aryl methyl sites for hydroxylation is 1. The van der Waals surface area contributed by atoms with E-state index in [1.165, 1.54) is 28.1 Å². The van der Waals surface area contributed by atoms with E-state index in [2.05, 4.69) is 139 Å². The Morgan fingerprint density at radius 2 is 1.10 bits per heavy atom. The smallest absolute Gasteiger partial charge is 0.0778 e. The molecule has 1 nitrogen and oxygen atoms in total. The van der Waals surface area contributed by atoms with Crippen LogP contribution >= 0.6 is 0 Å². The lowest BCUT2D eigenvalue weighted by atomic mass is 10.0. The fourth-order valence-corrected chi connectivity index (χ4v) is 3.53. The summed E-state index contributed by atoms with van der Waals surface area (Å²) in [6.07, 6.45) is 4.50. The van der Waals surface area contributed by atoms with Gasteiger partial charge in [-0.15, -0.1) is 0 Å². The van der Waals surface area contributed by atoms with Crippen LogP contribution in [0.1, 0.15) is 22.7 Å². The maximum Gasteiger partial charge on any atom is 0.0778 e. The highest BCUT2D eigenvalue weighted by atomic mass is 15.2. The van der Waals surface area contributed by atoms with Crippen molar-refractivity contribution in [1.82, 2.24) is 0 Å². The van der Waals surface area contributed by atoms with E-state index in [0.29, 0.717) is 0 Å². The highest BCUT2D eigenvalue weighted by Crippen LogP contribution is 2.36. The lowest BCUT2D eigenvalue weighted by Crippen LogP contribution is -2.22. The SMILES string of the molecule is Cc1ccc(N(c2ccccc2)C(/C=C/c2ccccc2)c2ccccc2)cc1. The molecule has 4 rings (SSSR count). The Morgan fingerprint density at radius 3 is 1.72 bits per heavy atom. The molecule has 0 bridgehead atoms. The van der Waals surface area contributed by atoms with Crippen molar-refractivity contribution in [3.8, 4) is 0 Å². The van der Waals surface area contributed by atoms with Crippen LogP contribution in [0.25, 0.3) is 6.08 Å². The van der Waals surface area contributed by atoms with Crippen LogP contribution in [-0.4, -0.2) is 0 Å². The second kappa shape index (κ2) is 9.07. The van der Waals surface area contributed by atoms with E-state index in [1.54, 1.807) is 0 Å². The Hall–Kier alpha value is -3.58. The molecule has 0 fully saturated rings. The van der Waals surface area contributed by atoms with Crippen molar-refractivity contribution < 1.29 is 0 Å². The highest BCUT2D eigenvalue weighted by molar-refractivity contribution is 5.67. The van der Waals surface area contributed by atoms with E-state index >= 15 is 0 Å². The van der Waals surface area contributed by atoms with Crippen LogP contribution in [0.2, 0.25) is 0 Å². The van der Waals surface area contributed by atoms with Crippen LogP contribution in [0, 0.1) is 6.92 Å². The quantitative estimate of drug-likeness (QED) is 0.335. The normalized spacial score (nSPS) is 12.0. The molecular weight excluding hydrogens is 350 g/mol. The van der Waals surface area contributed by atoms with Crippen molar-refractivity contribution >= 4 is 17.5 Å². The standard InChI is InChI=1S/C28H25N/c1-23-17-20-27(21-18-23)29(26-15-9-4-10-16-26)28(25-13-7-3-8-14-25)22-19-24-11-5-2-6-12-24/h2-22,28H,1H3/b22-19+. The van der Waals surface area contributed by atoms with Crippen LogP contribution in [0.5, 0.6) is 0 Å². The summed E-state index contributed by atoms with van der Waals surface area (Å²) in [7, 11) is 0. The van der Waals surface area contributed by atoms with Crippen molar-refractivity contribution in [3.63, 3.8) is 0 Å². The topological polar surface area (TPSA) is 3.24 Å². The zero-order chi connectivity index (χ0) is 19.9. The molecule has 29 heavy (non-hydrogen) atoms. The molecule has 0 heterocycles. The minimum absolute atomic E-state index is 0.0708. The summed E-state index contributed by atoms with van der Waals surface area (Å²) in [5, 5.41) is 0. The first kappa shape index (κ1) is 18.8. The number of para-hydroxylation sites is 1. The molecule has 1 heteroatoms. The average Bonchev–Trinajstić information content (AvgIpc) is 2.79. The summed E-state index contributed by atoms with van der Waals surface area (Å²) >= 11 is 0. The van der Waals surface area contributed by atoms with E-state index < -0.39 is 0 Å². The van der Waals surface area contributed by atoms with Gasteiger partial charge in [-0.2, -0.15) is 0 Å². The van der Waals surface area contributed by atoms with Crippen LogP contribution < -0.4 is 4.90 Å². The van der Waals surface area contributed by atoms with Gasteiger partial charge in [0.15, 0.2) is 0 Å². The molecule has 0 aromatic heterocycles. The van der Waals surface area contributed by atoms with Crippen molar-refractivity contribution in [1.29, 1.82) is 0 Å². The molecule has 0 aliphatic heterocycles. The molecule has 1 atom stereocenters. The van der Waals surface area contributed by atoms with Crippen LogP contribution in [-0.2, 0) is 0 Å². The first-order valence-electron chi connectivity index (χ1n) is 10.0. The van der Waals surface area contributed by atoms with E-state index in [9.17, 15) is 0 Å². The summed E-state index contributed by atoms with van der Waals surface area (Å²) in [5.41, 5.74) is 6.06. The predicted octanol–water partition coefficient (Wildman–Crippen LogP) is 7.59. The van der Waals surface area contributed by atoms with Gasteiger partial charge >= 0.3 is 0 Å². The number of nitrogens with zero attached hydrogens (tertiary/aromatic N) is 1. The molecule has 0 spiro atoms. The molecule has 0 aliphatic carbocycles. The summed E-state index contributed by atoms with van der Waals surface area (Å²) in [4.78, 5) is 2.40. The van der Waals surface area contributed by atoms with Gasteiger partial charge in [0.2, 0.25) is 0 Å². The second-order valence-corrected chi connectivity index (χ2v) is 7.17. The molecule has 0 radical (unpaired) electrons. The Balaban J connectivity index is 1.83. The largest absolute Gasteiger partial charge is 0.330 e. The van der Waals surface area contributed by atoms with Gasteiger partial charge in [-0.05, 0) is 42.3 Å². The van der Waals surface area contributed by atoms with Gasteiger partial charge in [0.1, 0.15) is 0 Å². The maximum absolute atomic E-state index is 2.40. The van der Waals surface area contributed by atoms with E-state index in [1.807, 2.05) is 0 Å². The van der Waals surface area contributed by atoms with Crippen LogP contribution in [0.4, 0.5) is 11.4 Å². The molecule has 142 valence electrons. The van der Waals surface area contributed by atoms with Gasteiger partial charge < -0.3 is 4.90 Å². The summed E-state index contributed by atoms with van der Waals surface area (Å²) in [6, 6.07) is 40.6. The van der Waals surface area contributed by atoms with Gasteiger partial charge in [-0.25, -0.2) is 0 Å². The zero-order valence-corrected chi connectivity index (χ0v) is 16.6. The Labute approximate surface area is 173 Å². The molecule has 0 amide bonds. The summed E-state index contributed by atoms with van der Waals surface area (Å²) in [6.45, 7) is 2.13. The van der Waals surface area contributed by atoms with Crippen LogP contribution in [0.15, 0.2) is 121 Å². The zero-order valence-electron chi connectivity index (χ0n) is 16.6. The minimum Gasteiger partial charge on any atom is -0.330 e. The van der Waals surface area contributed by atoms with Crippen molar-refractivity contribution in [2.45, 2.75) is 13.0 Å². The fraction of sp³-hybridized carbons (Fsp3) is 0.0714. The molecule has 0 saturated heterocycles. The lowest BCUT2D eigenvalue weighted by molar-refractivity contribution is 0.854. The molecule has 4 aromatic rings. The molecule has 0 saturated carbocycles. The molecule has 0 aliphatic rings. The Morgan fingerprint density at radius 1 is 0.586 bits per heavy atom. The third-order valence-electron chi connectivity index (χ3n) is 5.04. The third-order valence-corrected chi connectivity index (χ3v) is 5.04. The maximum atomic E-state index is 2.40. The first-order valence-corrected chi connectivity index (χ1v) is 10.0. The minimum atomic E-state index is 0.0708. The summed E-state index contributed by atoms with van der Waals surface area (Å²) in [5.74, 6) is 0. The van der Waals surface area contributed by atoms with Gasteiger partial charge in [0, 0.05) is 11.4 Å². The van der Waals surface area contributed by atoms with E-state index in [-0.39, 0.29) is 6.04 Å². The average molecular weight is 376 g/mol. The first-order chi connectivity index (χ1) is 14.3. The highest BCUT2D eigenvalue weighted by Gasteiger charge is 2.20. The predicted molar refractivity (Wildman–Crippen MR) is 124 cm³/mol. The molecule has 1 unspecified atom stereocenters. The fourth-order valence-electron chi connectivity index (χ4n) is 3.53. The lowest BCUT2D eigenvalue weighted by Gasteiger charge is -2.33. The van der Waals surface area contributed by atoms with Crippen molar-refractivity contribution in [3.05, 3.63) is 138 Å². The van der Waals surface area contributed by atoms with Crippen molar-refractivity contribution in [2.24, 2.45) is 0 Å². The second-order valence-electron chi connectivity index (χ2n) is 7.17. The number of rotatable bonds is 6. The van der Waals surface area contributed by atoms with Gasteiger partial charge in [0.25, 0.3) is 0 Å². The van der Waals surface area contributed by atoms with E-state index in [4.69, 9.17) is 0 Å². The van der Waals surface area contributed by atoms with Gasteiger partial charge in [-0.1, -0.05) is 109 Å². The number of hydrogen-bond acceptors (Lipinski definition) is 1. The van der Waals surface area contributed by atoms with E-state index in [0.717, 1.165) is 0 Å². The third kappa shape index (κ3) is 4.64. The van der Waals surface area contributed by atoms with Gasteiger partial charge in [0.05, 0.1) is 6.04 Å². The number of benzene rings is 4. The van der Waals surface area contributed by atoms with Gasteiger partial charge in [-0.3, -0.25) is 0 Å². The number of anilines is 2. The molecular formula is C28H25N. The molecule has 4 aromatic carbocycles. The Kier molecular flexibility index (Phi) is 5.87. The number of hydrogen-bond donors (Lipinski definition) is 0. The van der Waals surface area contributed by atoms with Crippen molar-refractivity contribution in [2.75, 3.05) is 4.90 Å². The van der Waals surface area contributed by atoms with Crippen LogP contribution in [0.3, 0.4) is 0 Å². The Bertz CT molecular complexity index is 1040. The molecule has 0 N–H and O–H groups in total.